The van der Waals surface area contributed by atoms with Gasteiger partial charge >= 0.3 is 0 Å². The first-order valence-corrected chi connectivity index (χ1v) is 11.8. The number of allylic oxidation sites excluding steroid dienone is 5. The summed E-state index contributed by atoms with van der Waals surface area (Å²) in [7, 11) is 0. The van der Waals surface area contributed by atoms with Gasteiger partial charge < -0.3 is 5.11 Å². The van der Waals surface area contributed by atoms with Crippen molar-refractivity contribution < 1.29 is 5.11 Å². The molecule has 1 heterocycles. The Morgan fingerprint density at radius 3 is 2.87 bits per heavy atom. The minimum absolute atomic E-state index is 0.124. The number of aromatic nitrogens is 1. The summed E-state index contributed by atoms with van der Waals surface area (Å²) in [5.74, 6) is 2.06. The first-order chi connectivity index (χ1) is 14.6. The highest BCUT2D eigenvalue weighted by molar-refractivity contribution is 5.87. The Labute approximate surface area is 179 Å². The number of hydrogen-bond donors (Lipinski definition) is 1. The minimum Gasteiger partial charge on any atom is -0.393 e. The maximum absolute atomic E-state index is 10.2. The standard InChI is InChI=1S/C28H31NO/c1-28-12-10-20-14-22-16-24(30)6-4-18(22)5-7-25(20)27(28)9-8-26(28)21-3-2-19-11-13-29-17-23(19)15-21/h2-3,8,10-11,13-15,17-18,24-25,27,30H,4-7,9,12,16H2,1H3/t18?,24-,25?,27?,28-/m1/s1. The number of fused-ring (bicyclic) bond motifs is 5. The summed E-state index contributed by atoms with van der Waals surface area (Å²) in [4.78, 5) is 4.33. The van der Waals surface area contributed by atoms with Crippen molar-refractivity contribution in [1.29, 1.82) is 0 Å². The van der Waals surface area contributed by atoms with E-state index in [1.807, 2.05) is 12.4 Å². The average Bonchev–Trinajstić information content (AvgIpc) is 3.00. The van der Waals surface area contributed by atoms with Crippen LogP contribution in [0.5, 0.6) is 0 Å². The van der Waals surface area contributed by atoms with E-state index in [0.29, 0.717) is 17.8 Å². The fourth-order valence-corrected chi connectivity index (χ4v) is 6.98. The zero-order valence-electron chi connectivity index (χ0n) is 17.8. The molecule has 0 aliphatic heterocycles. The molecule has 1 saturated carbocycles. The number of pyridine rings is 1. The van der Waals surface area contributed by atoms with Gasteiger partial charge in [0.15, 0.2) is 0 Å². The van der Waals surface area contributed by atoms with Crippen molar-refractivity contribution in [1.82, 2.24) is 4.98 Å². The first-order valence-electron chi connectivity index (χ1n) is 11.8. The molecule has 0 spiro atoms. The smallest absolute Gasteiger partial charge is 0.0577 e. The van der Waals surface area contributed by atoms with E-state index in [0.717, 1.165) is 19.3 Å². The molecule has 30 heavy (non-hydrogen) atoms. The van der Waals surface area contributed by atoms with E-state index < -0.39 is 0 Å². The second-order valence-corrected chi connectivity index (χ2v) is 10.3. The van der Waals surface area contributed by atoms with E-state index in [2.05, 4.69) is 54.4 Å². The van der Waals surface area contributed by atoms with Crippen LogP contribution >= 0.6 is 0 Å². The van der Waals surface area contributed by atoms with Crippen LogP contribution in [0.1, 0.15) is 57.4 Å². The summed E-state index contributed by atoms with van der Waals surface area (Å²) in [5.41, 5.74) is 6.23. The van der Waals surface area contributed by atoms with Crippen molar-refractivity contribution in [3.05, 3.63) is 71.6 Å². The van der Waals surface area contributed by atoms with E-state index in [4.69, 9.17) is 0 Å². The predicted molar refractivity (Wildman–Crippen MR) is 123 cm³/mol. The molecular weight excluding hydrogens is 366 g/mol. The van der Waals surface area contributed by atoms with Crippen LogP contribution in [-0.4, -0.2) is 16.2 Å². The lowest BCUT2D eigenvalue weighted by atomic mass is 9.60. The van der Waals surface area contributed by atoms with Crippen molar-refractivity contribution in [3.63, 3.8) is 0 Å². The zero-order valence-corrected chi connectivity index (χ0v) is 17.8. The third-order valence-corrected chi connectivity index (χ3v) is 8.66. The zero-order chi connectivity index (χ0) is 20.3. The molecule has 0 bridgehead atoms. The highest BCUT2D eigenvalue weighted by Gasteiger charge is 2.48. The van der Waals surface area contributed by atoms with Crippen molar-refractivity contribution in [3.8, 4) is 0 Å². The quantitative estimate of drug-likeness (QED) is 0.598. The molecule has 1 fully saturated rings. The van der Waals surface area contributed by atoms with Gasteiger partial charge in [0.2, 0.25) is 0 Å². The van der Waals surface area contributed by atoms with Crippen molar-refractivity contribution in [2.24, 2.45) is 23.2 Å². The Morgan fingerprint density at radius 1 is 1.03 bits per heavy atom. The number of rotatable bonds is 1. The molecule has 1 aromatic carbocycles. The lowest BCUT2D eigenvalue weighted by Gasteiger charge is -2.43. The monoisotopic (exact) mass is 397 g/mol. The molecule has 0 amide bonds. The molecule has 5 atom stereocenters. The Balaban J connectivity index is 1.34. The van der Waals surface area contributed by atoms with Gasteiger partial charge in [0.25, 0.3) is 0 Å². The molecule has 3 unspecified atom stereocenters. The highest BCUT2D eigenvalue weighted by atomic mass is 16.3. The minimum atomic E-state index is -0.124. The van der Waals surface area contributed by atoms with E-state index in [1.165, 1.54) is 47.6 Å². The fourth-order valence-electron chi connectivity index (χ4n) is 6.98. The van der Waals surface area contributed by atoms with Gasteiger partial charge in [0.05, 0.1) is 6.10 Å². The molecule has 0 radical (unpaired) electrons. The Kier molecular flexibility index (Phi) is 4.28. The van der Waals surface area contributed by atoms with Crippen LogP contribution < -0.4 is 0 Å². The Hall–Kier alpha value is -2.19. The van der Waals surface area contributed by atoms with Crippen LogP contribution in [-0.2, 0) is 0 Å². The van der Waals surface area contributed by atoms with Gasteiger partial charge in [-0.3, -0.25) is 4.98 Å². The van der Waals surface area contributed by atoms with Crippen LogP contribution in [0.25, 0.3) is 16.3 Å². The second-order valence-electron chi connectivity index (χ2n) is 10.3. The molecule has 154 valence electrons. The highest BCUT2D eigenvalue weighted by Crippen LogP contribution is 2.59. The molecule has 6 rings (SSSR count). The maximum Gasteiger partial charge on any atom is 0.0577 e. The summed E-state index contributed by atoms with van der Waals surface area (Å²) >= 11 is 0. The number of nitrogens with zero attached hydrogens (tertiary/aromatic N) is 1. The van der Waals surface area contributed by atoms with Crippen LogP contribution in [0.2, 0.25) is 0 Å². The Bertz CT molecular complexity index is 1090. The summed E-state index contributed by atoms with van der Waals surface area (Å²) in [6.45, 7) is 2.51. The van der Waals surface area contributed by atoms with E-state index in [1.54, 1.807) is 11.1 Å². The predicted octanol–water partition coefficient (Wildman–Crippen LogP) is 6.47. The van der Waals surface area contributed by atoms with Crippen LogP contribution in [0.4, 0.5) is 0 Å². The summed E-state index contributed by atoms with van der Waals surface area (Å²) < 4.78 is 0. The number of hydrogen-bond acceptors (Lipinski definition) is 2. The van der Waals surface area contributed by atoms with E-state index in [9.17, 15) is 5.11 Å². The molecule has 2 nitrogen and oxygen atoms in total. The lowest BCUT2D eigenvalue weighted by Crippen LogP contribution is -2.34. The van der Waals surface area contributed by atoms with Crippen LogP contribution in [0, 0.1) is 23.2 Å². The van der Waals surface area contributed by atoms with Crippen molar-refractivity contribution in [2.75, 3.05) is 0 Å². The van der Waals surface area contributed by atoms with Crippen molar-refractivity contribution >= 4 is 16.3 Å². The lowest BCUT2D eigenvalue weighted by molar-refractivity contribution is 0.132. The molecular formula is C28H31NO. The fraction of sp³-hybridized carbons (Fsp3) is 0.464. The van der Waals surface area contributed by atoms with Crippen LogP contribution in [0.15, 0.2) is 66.0 Å². The molecule has 4 aliphatic rings. The largest absolute Gasteiger partial charge is 0.393 e. The summed E-state index contributed by atoms with van der Waals surface area (Å²) in [6.07, 6.45) is 19.3. The molecule has 1 N–H and O–H groups in total. The van der Waals surface area contributed by atoms with Gasteiger partial charge in [-0.15, -0.1) is 0 Å². The molecule has 1 aromatic heterocycles. The molecule has 2 heteroatoms. The summed E-state index contributed by atoms with van der Waals surface area (Å²) in [5, 5.41) is 12.7. The molecule has 4 aliphatic carbocycles. The Morgan fingerprint density at radius 2 is 1.93 bits per heavy atom. The number of aliphatic hydroxyl groups excluding tert-OH is 1. The van der Waals surface area contributed by atoms with E-state index in [-0.39, 0.29) is 11.5 Å². The first kappa shape index (κ1) is 18.6. The molecule has 0 saturated heterocycles. The van der Waals surface area contributed by atoms with Gasteiger partial charge in [-0.05, 0) is 102 Å². The maximum atomic E-state index is 10.2. The molecule has 2 aromatic rings. The van der Waals surface area contributed by atoms with Gasteiger partial charge in [0.1, 0.15) is 0 Å². The SMILES string of the molecule is C[C@]12CC=C3C=C4C[C@H](O)CCC4CCC3C1CC=C2c1ccc2ccncc2c1. The summed E-state index contributed by atoms with van der Waals surface area (Å²) in [6, 6.07) is 9.00. The third-order valence-electron chi connectivity index (χ3n) is 8.66. The van der Waals surface area contributed by atoms with Gasteiger partial charge in [-0.1, -0.05) is 42.9 Å². The third kappa shape index (κ3) is 2.84. The van der Waals surface area contributed by atoms with Crippen LogP contribution in [0.3, 0.4) is 0 Å². The van der Waals surface area contributed by atoms with E-state index >= 15 is 0 Å². The number of aliphatic hydroxyl groups is 1. The second kappa shape index (κ2) is 6.92. The van der Waals surface area contributed by atoms with Gasteiger partial charge in [-0.2, -0.15) is 0 Å². The topological polar surface area (TPSA) is 33.1 Å². The number of benzene rings is 1. The van der Waals surface area contributed by atoms with Gasteiger partial charge in [-0.25, -0.2) is 0 Å². The average molecular weight is 398 g/mol. The van der Waals surface area contributed by atoms with Gasteiger partial charge in [0, 0.05) is 17.8 Å². The normalized spacial score (nSPS) is 35.5. The van der Waals surface area contributed by atoms with Crippen molar-refractivity contribution in [2.45, 2.75) is 58.0 Å².